The molecule has 0 saturated carbocycles. The summed E-state index contributed by atoms with van der Waals surface area (Å²) < 4.78 is 11.8. The Balaban J connectivity index is 2.02. The van der Waals surface area contributed by atoms with Crippen LogP contribution in [0.4, 0.5) is 0 Å². The van der Waals surface area contributed by atoms with Crippen molar-refractivity contribution >= 4 is 40.2 Å². The smallest absolute Gasteiger partial charge is 0.314 e. The van der Waals surface area contributed by atoms with E-state index in [4.69, 9.17) is 21.1 Å². The summed E-state index contributed by atoms with van der Waals surface area (Å²) in [6.07, 6.45) is 2.57. The summed E-state index contributed by atoms with van der Waals surface area (Å²) in [6, 6.07) is 5.33. The molecule has 1 saturated heterocycles. The summed E-state index contributed by atoms with van der Waals surface area (Å²) in [5.74, 6) is 0.285. The van der Waals surface area contributed by atoms with E-state index in [-0.39, 0.29) is 18.0 Å². The maximum absolute atomic E-state index is 12.2. The van der Waals surface area contributed by atoms with E-state index in [9.17, 15) is 4.79 Å². The Hall–Kier alpha value is -0.330. The van der Waals surface area contributed by atoms with E-state index in [0.29, 0.717) is 17.4 Å². The standard InChI is InChI=1S/C14H16ClIO3/c1-2-10-8-9(6-7-18-10)14(17)19-12-5-3-4-11(15)13(12)16/h3-5,9-10H,2,6-8H2,1H3. The molecular formula is C14H16ClIO3. The lowest BCUT2D eigenvalue weighted by Crippen LogP contribution is -2.32. The molecule has 2 unspecified atom stereocenters. The van der Waals surface area contributed by atoms with Crippen LogP contribution >= 0.6 is 34.2 Å². The van der Waals surface area contributed by atoms with Gasteiger partial charge in [-0.3, -0.25) is 4.79 Å². The summed E-state index contributed by atoms with van der Waals surface area (Å²) >= 11 is 8.10. The fourth-order valence-electron chi connectivity index (χ4n) is 2.13. The molecule has 1 heterocycles. The van der Waals surface area contributed by atoms with Crippen LogP contribution in [0.1, 0.15) is 26.2 Å². The van der Waals surface area contributed by atoms with E-state index in [0.717, 1.165) is 22.8 Å². The van der Waals surface area contributed by atoms with Crippen LogP contribution in [0.2, 0.25) is 5.02 Å². The van der Waals surface area contributed by atoms with Crippen molar-refractivity contribution in [1.82, 2.24) is 0 Å². The quantitative estimate of drug-likeness (QED) is 0.441. The van der Waals surface area contributed by atoms with Crippen molar-refractivity contribution in [3.05, 3.63) is 26.8 Å². The zero-order valence-corrected chi connectivity index (χ0v) is 13.6. The van der Waals surface area contributed by atoms with Gasteiger partial charge >= 0.3 is 5.97 Å². The SMILES string of the molecule is CCC1CC(C(=O)Oc2cccc(Cl)c2I)CCO1. The summed E-state index contributed by atoms with van der Waals surface area (Å²) in [4.78, 5) is 12.2. The Kier molecular flexibility index (Phi) is 5.47. The average Bonchev–Trinajstić information content (AvgIpc) is 2.44. The van der Waals surface area contributed by atoms with E-state index in [2.05, 4.69) is 29.5 Å². The first-order valence-electron chi connectivity index (χ1n) is 6.39. The number of ether oxygens (including phenoxy) is 2. The number of hydrogen-bond donors (Lipinski definition) is 0. The van der Waals surface area contributed by atoms with Crippen LogP contribution < -0.4 is 4.74 Å². The van der Waals surface area contributed by atoms with Crippen LogP contribution in [-0.2, 0) is 9.53 Å². The highest BCUT2D eigenvalue weighted by Crippen LogP contribution is 2.30. The average molecular weight is 395 g/mol. The predicted octanol–water partition coefficient (Wildman–Crippen LogP) is 4.06. The molecule has 1 aliphatic heterocycles. The van der Waals surface area contributed by atoms with Gasteiger partial charge in [-0.1, -0.05) is 24.6 Å². The van der Waals surface area contributed by atoms with Crippen LogP contribution in [-0.4, -0.2) is 18.7 Å². The first-order chi connectivity index (χ1) is 9.11. The molecule has 1 fully saturated rings. The topological polar surface area (TPSA) is 35.5 Å². The molecular weight excluding hydrogens is 379 g/mol. The molecule has 0 aromatic heterocycles. The van der Waals surface area contributed by atoms with Gasteiger partial charge in [0.1, 0.15) is 5.75 Å². The van der Waals surface area contributed by atoms with Gasteiger partial charge in [-0.25, -0.2) is 0 Å². The van der Waals surface area contributed by atoms with Crippen molar-refractivity contribution < 1.29 is 14.3 Å². The van der Waals surface area contributed by atoms with Crippen molar-refractivity contribution in [1.29, 1.82) is 0 Å². The molecule has 0 aliphatic carbocycles. The minimum atomic E-state index is -0.179. The molecule has 0 radical (unpaired) electrons. The van der Waals surface area contributed by atoms with Crippen LogP contribution in [0.5, 0.6) is 5.75 Å². The number of carbonyl (C=O) groups is 1. The second-order valence-electron chi connectivity index (χ2n) is 4.60. The molecule has 5 heteroatoms. The first kappa shape index (κ1) is 15.1. The van der Waals surface area contributed by atoms with Crippen LogP contribution in [0.15, 0.2) is 18.2 Å². The van der Waals surface area contributed by atoms with Crippen molar-refractivity contribution in [3.8, 4) is 5.75 Å². The molecule has 0 amide bonds. The van der Waals surface area contributed by atoms with Crippen LogP contribution in [0.3, 0.4) is 0 Å². The number of rotatable bonds is 3. The first-order valence-corrected chi connectivity index (χ1v) is 7.84. The van der Waals surface area contributed by atoms with E-state index in [1.807, 2.05) is 0 Å². The van der Waals surface area contributed by atoms with Gasteiger partial charge < -0.3 is 9.47 Å². The van der Waals surface area contributed by atoms with Gasteiger partial charge in [0.05, 0.1) is 20.6 Å². The molecule has 19 heavy (non-hydrogen) atoms. The highest BCUT2D eigenvalue weighted by atomic mass is 127. The molecule has 0 N–H and O–H groups in total. The van der Waals surface area contributed by atoms with E-state index >= 15 is 0 Å². The minimum absolute atomic E-state index is 0.0755. The summed E-state index contributed by atoms with van der Waals surface area (Å²) in [6.45, 7) is 2.70. The molecule has 104 valence electrons. The van der Waals surface area contributed by atoms with Gasteiger partial charge in [0, 0.05) is 6.61 Å². The van der Waals surface area contributed by atoms with Gasteiger partial charge in [-0.2, -0.15) is 0 Å². The summed E-state index contributed by atoms with van der Waals surface area (Å²) in [5, 5.41) is 0.601. The summed E-state index contributed by atoms with van der Waals surface area (Å²) in [7, 11) is 0. The molecule has 0 spiro atoms. The zero-order valence-electron chi connectivity index (χ0n) is 10.7. The van der Waals surface area contributed by atoms with Gasteiger partial charge in [0.25, 0.3) is 0 Å². The lowest BCUT2D eigenvalue weighted by Gasteiger charge is -2.27. The third-order valence-corrected chi connectivity index (χ3v) is 5.03. The molecule has 2 atom stereocenters. The Morgan fingerprint density at radius 1 is 1.58 bits per heavy atom. The number of esters is 1. The molecule has 1 aromatic rings. The normalized spacial score (nSPS) is 23.1. The second-order valence-corrected chi connectivity index (χ2v) is 6.08. The Morgan fingerprint density at radius 2 is 2.37 bits per heavy atom. The summed E-state index contributed by atoms with van der Waals surface area (Å²) in [5.41, 5.74) is 0. The molecule has 0 bridgehead atoms. The van der Waals surface area contributed by atoms with Crippen molar-refractivity contribution in [3.63, 3.8) is 0 Å². The fraction of sp³-hybridized carbons (Fsp3) is 0.500. The number of halogens is 2. The van der Waals surface area contributed by atoms with E-state index < -0.39 is 0 Å². The van der Waals surface area contributed by atoms with Gasteiger partial charge in [0.2, 0.25) is 0 Å². The second kappa shape index (κ2) is 6.90. The highest BCUT2D eigenvalue weighted by molar-refractivity contribution is 14.1. The van der Waals surface area contributed by atoms with Crippen molar-refractivity contribution in [2.75, 3.05) is 6.61 Å². The number of hydrogen-bond acceptors (Lipinski definition) is 3. The van der Waals surface area contributed by atoms with Gasteiger partial charge in [0.15, 0.2) is 0 Å². The monoisotopic (exact) mass is 394 g/mol. The third kappa shape index (κ3) is 3.83. The van der Waals surface area contributed by atoms with Crippen LogP contribution in [0.25, 0.3) is 0 Å². The molecule has 1 aliphatic rings. The predicted molar refractivity (Wildman–Crippen MR) is 82.6 cm³/mol. The number of benzene rings is 1. The molecule has 2 rings (SSSR count). The van der Waals surface area contributed by atoms with Crippen molar-refractivity contribution in [2.45, 2.75) is 32.3 Å². The fourth-order valence-corrected chi connectivity index (χ4v) is 2.77. The van der Waals surface area contributed by atoms with Gasteiger partial charge in [-0.05, 0) is 54.0 Å². The number of carbonyl (C=O) groups excluding carboxylic acids is 1. The van der Waals surface area contributed by atoms with Gasteiger partial charge in [-0.15, -0.1) is 0 Å². The minimum Gasteiger partial charge on any atom is -0.425 e. The third-order valence-electron chi connectivity index (χ3n) is 3.28. The Morgan fingerprint density at radius 3 is 3.11 bits per heavy atom. The zero-order chi connectivity index (χ0) is 13.8. The maximum atomic E-state index is 12.2. The van der Waals surface area contributed by atoms with Crippen molar-refractivity contribution in [2.24, 2.45) is 5.92 Å². The Labute approximate surface area is 131 Å². The van der Waals surface area contributed by atoms with Crippen LogP contribution in [0, 0.1) is 9.49 Å². The lowest BCUT2D eigenvalue weighted by molar-refractivity contribution is -0.144. The van der Waals surface area contributed by atoms with E-state index in [1.165, 1.54) is 0 Å². The lowest BCUT2D eigenvalue weighted by atomic mass is 9.94. The van der Waals surface area contributed by atoms with E-state index in [1.54, 1.807) is 18.2 Å². The Bertz CT molecular complexity index is 464. The maximum Gasteiger partial charge on any atom is 0.314 e. The molecule has 1 aromatic carbocycles. The highest BCUT2D eigenvalue weighted by Gasteiger charge is 2.28. The molecule has 3 nitrogen and oxygen atoms in total. The largest absolute Gasteiger partial charge is 0.425 e.